The van der Waals surface area contributed by atoms with Crippen LogP contribution in [0.1, 0.15) is 25.7 Å². The van der Waals surface area contributed by atoms with Gasteiger partial charge in [-0.3, -0.25) is 15.1 Å². The summed E-state index contributed by atoms with van der Waals surface area (Å²) < 4.78 is 10.3. The van der Waals surface area contributed by atoms with Crippen molar-refractivity contribution in [1.29, 1.82) is 5.41 Å². The fourth-order valence-electron chi connectivity index (χ4n) is 4.52. The highest BCUT2D eigenvalue weighted by Gasteiger charge is 2.35. The molecule has 1 unspecified atom stereocenters. The van der Waals surface area contributed by atoms with E-state index in [2.05, 4.69) is 14.5 Å². The molecule has 170 valence electrons. The van der Waals surface area contributed by atoms with Crippen LogP contribution in [0.2, 0.25) is 0 Å². The highest BCUT2D eigenvalue weighted by atomic mass is 16.6. The Morgan fingerprint density at radius 3 is 2.43 bits per heavy atom. The molecule has 3 aliphatic heterocycles. The molecular formula is C20H36N6O4. The van der Waals surface area contributed by atoms with Crippen molar-refractivity contribution in [2.75, 3.05) is 72.6 Å². The number of ether oxygens (including phenoxy) is 2. The number of hydrogen-bond donors (Lipinski definition) is 2. The first kappa shape index (κ1) is 22.6. The third-order valence-electron chi connectivity index (χ3n) is 6.39. The van der Waals surface area contributed by atoms with Crippen LogP contribution < -0.4 is 5.73 Å². The predicted octanol–water partition coefficient (Wildman–Crippen LogP) is -0.0165. The van der Waals surface area contributed by atoms with Crippen molar-refractivity contribution in [1.82, 2.24) is 19.6 Å². The van der Waals surface area contributed by atoms with Gasteiger partial charge in [0.25, 0.3) is 0 Å². The van der Waals surface area contributed by atoms with Crippen molar-refractivity contribution >= 4 is 18.0 Å². The highest BCUT2D eigenvalue weighted by Crippen LogP contribution is 2.22. The van der Waals surface area contributed by atoms with E-state index < -0.39 is 0 Å². The molecule has 0 aromatic rings. The van der Waals surface area contributed by atoms with E-state index in [0.29, 0.717) is 18.9 Å². The van der Waals surface area contributed by atoms with Gasteiger partial charge < -0.3 is 29.9 Å². The fourth-order valence-corrected chi connectivity index (χ4v) is 4.52. The molecule has 10 heteroatoms. The number of nitrogens with zero attached hydrogens (tertiary/aromatic N) is 4. The molecule has 3 heterocycles. The van der Waals surface area contributed by atoms with Crippen LogP contribution in [0.5, 0.6) is 0 Å². The lowest BCUT2D eigenvalue weighted by Crippen LogP contribution is -2.49. The van der Waals surface area contributed by atoms with Gasteiger partial charge >= 0.3 is 12.1 Å². The SMILES string of the molecule is COC(=O)CCCN1CCN(CC2CN(CC3CCN(C(=N)N)CC3)C(=O)O2)CC1. The van der Waals surface area contributed by atoms with E-state index in [1.807, 2.05) is 9.80 Å². The van der Waals surface area contributed by atoms with Crippen molar-refractivity contribution in [3.63, 3.8) is 0 Å². The van der Waals surface area contributed by atoms with E-state index in [9.17, 15) is 9.59 Å². The minimum absolute atomic E-state index is 0.0688. The van der Waals surface area contributed by atoms with Crippen molar-refractivity contribution in [2.45, 2.75) is 31.8 Å². The van der Waals surface area contributed by atoms with Crippen molar-refractivity contribution in [3.05, 3.63) is 0 Å². The number of amides is 1. The van der Waals surface area contributed by atoms with E-state index in [0.717, 1.165) is 78.2 Å². The Bertz CT molecular complexity index is 602. The van der Waals surface area contributed by atoms with Gasteiger partial charge in [0.15, 0.2) is 5.96 Å². The average Bonchev–Trinajstić information content (AvgIpc) is 3.08. The molecule has 1 amide bonds. The van der Waals surface area contributed by atoms with Gasteiger partial charge in [-0.2, -0.15) is 0 Å². The summed E-state index contributed by atoms with van der Waals surface area (Å²) >= 11 is 0. The van der Waals surface area contributed by atoms with Crippen LogP contribution in [0, 0.1) is 11.3 Å². The molecule has 0 aliphatic carbocycles. The molecule has 0 bridgehead atoms. The molecule has 3 aliphatic rings. The predicted molar refractivity (Wildman–Crippen MR) is 112 cm³/mol. The minimum atomic E-state index is -0.199. The number of methoxy groups -OCH3 is 1. The zero-order valence-electron chi connectivity index (χ0n) is 18.1. The summed E-state index contributed by atoms with van der Waals surface area (Å²) in [4.78, 5) is 32.0. The molecule has 0 aromatic heterocycles. The summed E-state index contributed by atoms with van der Waals surface area (Å²) in [5.74, 6) is 0.434. The number of carbonyl (C=O) groups is 2. The summed E-state index contributed by atoms with van der Waals surface area (Å²) in [6.07, 6.45) is 2.93. The Kier molecular flexibility index (Phi) is 8.15. The van der Waals surface area contributed by atoms with E-state index in [1.54, 1.807) is 0 Å². The fraction of sp³-hybridized carbons (Fsp3) is 0.850. The number of esters is 1. The van der Waals surface area contributed by atoms with Crippen LogP contribution in [0.3, 0.4) is 0 Å². The summed E-state index contributed by atoms with van der Waals surface area (Å²) in [6.45, 7) is 8.51. The molecule has 1 atom stereocenters. The first-order valence-electron chi connectivity index (χ1n) is 11.0. The van der Waals surface area contributed by atoms with E-state index in [-0.39, 0.29) is 24.1 Å². The molecule has 30 heavy (non-hydrogen) atoms. The molecule has 0 radical (unpaired) electrons. The number of hydrogen-bond acceptors (Lipinski definition) is 7. The first-order valence-corrected chi connectivity index (χ1v) is 11.0. The molecule has 0 aromatic carbocycles. The van der Waals surface area contributed by atoms with Gasteiger partial charge in [-0.1, -0.05) is 0 Å². The lowest BCUT2D eigenvalue weighted by molar-refractivity contribution is -0.140. The van der Waals surface area contributed by atoms with Gasteiger partial charge in [0.2, 0.25) is 0 Å². The summed E-state index contributed by atoms with van der Waals surface area (Å²) in [5, 5.41) is 7.52. The van der Waals surface area contributed by atoms with Crippen molar-refractivity contribution in [3.8, 4) is 0 Å². The van der Waals surface area contributed by atoms with Gasteiger partial charge in [0.1, 0.15) is 6.10 Å². The van der Waals surface area contributed by atoms with Crippen LogP contribution in [0.15, 0.2) is 0 Å². The number of likely N-dealkylation sites (tertiary alicyclic amines) is 1. The zero-order chi connectivity index (χ0) is 21.5. The van der Waals surface area contributed by atoms with E-state index in [4.69, 9.17) is 15.9 Å². The molecule has 3 rings (SSSR count). The van der Waals surface area contributed by atoms with E-state index in [1.165, 1.54) is 7.11 Å². The number of piperidine rings is 1. The monoisotopic (exact) mass is 424 g/mol. The smallest absolute Gasteiger partial charge is 0.410 e. The van der Waals surface area contributed by atoms with Gasteiger partial charge in [0, 0.05) is 58.8 Å². The lowest BCUT2D eigenvalue weighted by Gasteiger charge is -2.35. The topological polar surface area (TPSA) is 115 Å². The number of nitrogens with one attached hydrogen (secondary N) is 1. The molecule has 0 spiro atoms. The second kappa shape index (κ2) is 10.8. The minimum Gasteiger partial charge on any atom is -0.469 e. The zero-order valence-corrected chi connectivity index (χ0v) is 18.1. The molecule has 10 nitrogen and oxygen atoms in total. The maximum absolute atomic E-state index is 12.3. The Balaban J connectivity index is 1.32. The average molecular weight is 425 g/mol. The maximum atomic E-state index is 12.3. The number of guanidine groups is 1. The number of carbonyl (C=O) groups excluding carboxylic acids is 2. The molecule has 3 N–H and O–H groups in total. The standard InChI is InChI=1S/C20H36N6O4/c1-29-18(27)3-2-6-23-9-11-24(12-10-23)14-17-15-26(20(28)30-17)13-16-4-7-25(8-5-16)19(21)22/h16-17H,2-15H2,1H3,(H3,21,22). The third-order valence-corrected chi connectivity index (χ3v) is 6.39. The highest BCUT2D eigenvalue weighted by molar-refractivity contribution is 5.74. The Morgan fingerprint density at radius 2 is 1.80 bits per heavy atom. The molecule has 3 fully saturated rings. The number of cyclic esters (lactones) is 1. The lowest BCUT2D eigenvalue weighted by atomic mass is 9.96. The van der Waals surface area contributed by atoms with Gasteiger partial charge in [-0.15, -0.1) is 0 Å². The molecule has 3 saturated heterocycles. The third kappa shape index (κ3) is 6.46. The maximum Gasteiger partial charge on any atom is 0.410 e. The number of nitrogens with two attached hydrogens (primary N) is 1. The second-order valence-electron chi connectivity index (χ2n) is 8.55. The van der Waals surface area contributed by atoms with Gasteiger partial charge in [-0.05, 0) is 31.7 Å². The Morgan fingerprint density at radius 1 is 1.13 bits per heavy atom. The van der Waals surface area contributed by atoms with E-state index >= 15 is 0 Å². The van der Waals surface area contributed by atoms with Gasteiger partial charge in [0.05, 0.1) is 13.7 Å². The van der Waals surface area contributed by atoms with Crippen molar-refractivity contribution < 1.29 is 19.1 Å². The van der Waals surface area contributed by atoms with Crippen LogP contribution in [-0.2, 0) is 14.3 Å². The first-order chi connectivity index (χ1) is 14.4. The van der Waals surface area contributed by atoms with Gasteiger partial charge in [-0.25, -0.2) is 4.79 Å². The Labute approximate surface area is 178 Å². The second-order valence-corrected chi connectivity index (χ2v) is 8.55. The number of piperazine rings is 1. The Hall–Kier alpha value is -2.07. The number of rotatable bonds is 8. The van der Waals surface area contributed by atoms with Crippen LogP contribution in [0.4, 0.5) is 4.79 Å². The largest absolute Gasteiger partial charge is 0.469 e. The van der Waals surface area contributed by atoms with Crippen LogP contribution in [-0.4, -0.2) is 116 Å². The summed E-state index contributed by atoms with van der Waals surface area (Å²) in [6, 6.07) is 0. The molecular weight excluding hydrogens is 388 g/mol. The van der Waals surface area contributed by atoms with Crippen LogP contribution in [0.25, 0.3) is 0 Å². The summed E-state index contributed by atoms with van der Waals surface area (Å²) in [5.41, 5.74) is 5.55. The van der Waals surface area contributed by atoms with Crippen LogP contribution >= 0.6 is 0 Å². The quantitative estimate of drug-likeness (QED) is 0.317. The van der Waals surface area contributed by atoms with Crippen molar-refractivity contribution in [2.24, 2.45) is 11.7 Å². The molecule has 0 saturated carbocycles. The normalized spacial score (nSPS) is 24.2. The summed E-state index contributed by atoms with van der Waals surface area (Å²) in [7, 11) is 1.43.